The van der Waals surface area contributed by atoms with Crippen LogP contribution in [0.25, 0.3) is 0 Å². The van der Waals surface area contributed by atoms with Gasteiger partial charge in [-0.15, -0.1) is 0 Å². The van der Waals surface area contributed by atoms with E-state index in [1.807, 2.05) is 0 Å². The van der Waals surface area contributed by atoms with Gasteiger partial charge in [-0.05, 0) is 45.4 Å². The number of nitrogens with one attached hydrogen (secondary N) is 1. The summed E-state index contributed by atoms with van der Waals surface area (Å²) in [6.45, 7) is 0.335. The molecule has 1 heterocycles. The first-order chi connectivity index (χ1) is 14.0. The monoisotopic (exact) mass is 372 g/mol. The van der Waals surface area contributed by atoms with Gasteiger partial charge < -0.3 is 14.7 Å². The minimum Gasteiger partial charge on any atom is -0.480 e. The van der Waals surface area contributed by atoms with E-state index in [4.69, 9.17) is 10.2 Å². The number of nitrogens with zero attached hydrogens (tertiary/aromatic N) is 1. The van der Waals surface area contributed by atoms with E-state index in [0.29, 0.717) is 12.8 Å². The van der Waals surface area contributed by atoms with Crippen molar-refractivity contribution in [3.63, 3.8) is 0 Å². The van der Waals surface area contributed by atoms with Gasteiger partial charge in [-0.3, -0.25) is 14.9 Å². The van der Waals surface area contributed by atoms with Crippen molar-refractivity contribution in [1.82, 2.24) is 10.2 Å². The minimum atomic E-state index is -3.13. The lowest BCUT2D eigenvalue weighted by Crippen LogP contribution is -2.55. The maximum Gasteiger partial charge on any atom is 0.326 e. The molecular weight excluding hydrogens is 336 g/mol. The number of aliphatic carboxylic acids is 1. The van der Waals surface area contributed by atoms with E-state index in [2.05, 4.69) is 5.32 Å². The average molecular weight is 372 g/mol. The van der Waals surface area contributed by atoms with Gasteiger partial charge in [-0.1, -0.05) is 26.2 Å². The Labute approximate surface area is 161 Å². The van der Waals surface area contributed by atoms with Crippen molar-refractivity contribution >= 4 is 17.8 Å². The van der Waals surface area contributed by atoms with Crippen molar-refractivity contribution in [2.24, 2.45) is 5.92 Å². The number of carbonyl (C=O) groups is 3. The van der Waals surface area contributed by atoms with Crippen molar-refractivity contribution in [1.29, 1.82) is 0 Å². The fourth-order valence-electron chi connectivity index (χ4n) is 4.12. The maximum atomic E-state index is 13.5. The largest absolute Gasteiger partial charge is 0.480 e. The third kappa shape index (κ3) is 4.55. The number of likely N-dealkylation sites (tertiary alicyclic amines) is 1. The normalized spacial score (nSPS) is 31.5. The molecule has 7 heteroatoms. The van der Waals surface area contributed by atoms with Crippen LogP contribution in [-0.4, -0.2) is 58.6 Å². The van der Waals surface area contributed by atoms with Crippen molar-refractivity contribution < 1.29 is 29.7 Å². The first kappa shape index (κ1) is 15.4. The molecule has 2 aliphatic rings. The molecule has 5 atom stereocenters. The van der Waals surface area contributed by atoms with Crippen molar-refractivity contribution in [2.45, 2.75) is 89.8 Å². The predicted molar refractivity (Wildman–Crippen MR) is 96.6 cm³/mol. The van der Waals surface area contributed by atoms with E-state index in [1.54, 1.807) is 13.8 Å². The Morgan fingerprint density at radius 1 is 1.35 bits per heavy atom. The van der Waals surface area contributed by atoms with E-state index in [0.717, 1.165) is 24.2 Å². The van der Waals surface area contributed by atoms with E-state index in [1.165, 1.54) is 0 Å². The van der Waals surface area contributed by atoms with Gasteiger partial charge in [0.05, 0.1) is 14.0 Å². The van der Waals surface area contributed by atoms with Crippen LogP contribution in [0.3, 0.4) is 0 Å². The third-order valence-corrected chi connectivity index (χ3v) is 5.29. The molecule has 1 aliphatic carbocycles. The van der Waals surface area contributed by atoms with Crippen LogP contribution in [0.1, 0.15) is 71.1 Å². The molecule has 0 aromatic heterocycles. The first-order valence-electron chi connectivity index (χ1n) is 11.5. The molecule has 0 aromatic rings. The van der Waals surface area contributed by atoms with Crippen LogP contribution in [-0.2, 0) is 19.1 Å². The van der Waals surface area contributed by atoms with E-state index in [-0.39, 0.29) is 25.4 Å². The molecule has 1 saturated heterocycles. The van der Waals surface area contributed by atoms with Gasteiger partial charge in [-0.2, -0.15) is 0 Å². The predicted octanol–water partition coefficient (Wildman–Crippen LogP) is 1.94. The number of amides is 1. The molecule has 2 N–H and O–H groups in total. The summed E-state index contributed by atoms with van der Waals surface area (Å²) in [5, 5.41) is 12.1. The van der Waals surface area contributed by atoms with Crippen LogP contribution in [0.15, 0.2) is 0 Å². The molecule has 0 unspecified atom stereocenters. The van der Waals surface area contributed by atoms with E-state index < -0.39 is 48.8 Å². The molecule has 0 bridgehead atoms. The van der Waals surface area contributed by atoms with Crippen molar-refractivity contribution in [3.8, 4) is 0 Å². The Morgan fingerprint density at radius 2 is 2.08 bits per heavy atom. The highest BCUT2D eigenvalue weighted by Crippen LogP contribution is 2.40. The summed E-state index contributed by atoms with van der Waals surface area (Å²) in [4.78, 5) is 38.8. The van der Waals surface area contributed by atoms with Crippen LogP contribution in [0.5, 0.6) is 0 Å². The highest BCUT2D eigenvalue weighted by molar-refractivity contribution is 5.88. The SMILES string of the molecule is [2H]C([2H])([2H])[C@@]([2H])(N[C@@H](CCC)C(=O)OCC)C(=O)N1[C@H](C(=O)O)C[C@@H]2CCCC[C@@H]21. The van der Waals surface area contributed by atoms with Crippen molar-refractivity contribution in [2.75, 3.05) is 6.61 Å². The lowest BCUT2D eigenvalue weighted by Gasteiger charge is -2.35. The maximum absolute atomic E-state index is 13.5. The Bertz CT molecular complexity index is 659. The molecule has 0 radical (unpaired) electrons. The lowest BCUT2D eigenvalue weighted by atomic mass is 9.84. The fraction of sp³-hybridized carbons (Fsp3) is 0.842. The second-order valence-corrected chi connectivity index (χ2v) is 7.03. The number of ether oxygens (including phenoxy) is 1. The smallest absolute Gasteiger partial charge is 0.326 e. The van der Waals surface area contributed by atoms with Gasteiger partial charge >= 0.3 is 11.9 Å². The standard InChI is InChI=1S/C19H32N2O5/c1-4-8-14(19(25)26-5-2)20-12(3)17(22)21-15-10-7-6-9-13(15)11-16(21)18(23)24/h12-16,20H,4-11H2,1-3H3,(H,23,24)/t12-,13+,14+,15+,16+/m1/s1/i3D3,12D. The second-order valence-electron chi connectivity index (χ2n) is 7.03. The van der Waals surface area contributed by atoms with Gasteiger partial charge in [0, 0.05) is 10.2 Å². The van der Waals surface area contributed by atoms with Crippen LogP contribution in [0.4, 0.5) is 0 Å². The zero-order valence-corrected chi connectivity index (χ0v) is 15.5. The fourth-order valence-corrected chi connectivity index (χ4v) is 4.12. The Kier molecular flexibility index (Phi) is 5.55. The van der Waals surface area contributed by atoms with Crippen LogP contribution >= 0.6 is 0 Å². The topological polar surface area (TPSA) is 95.9 Å². The number of carboxylic acid groups (broad SMARTS) is 1. The summed E-state index contributed by atoms with van der Waals surface area (Å²) in [7, 11) is 0. The van der Waals surface area contributed by atoms with Crippen LogP contribution in [0, 0.1) is 5.92 Å². The number of carboxylic acids is 1. The molecular formula is C19H32N2O5. The molecule has 26 heavy (non-hydrogen) atoms. The molecule has 1 aliphatic heterocycles. The molecule has 0 aromatic carbocycles. The first-order valence-corrected chi connectivity index (χ1v) is 9.47. The molecule has 7 nitrogen and oxygen atoms in total. The third-order valence-electron chi connectivity index (χ3n) is 5.29. The van der Waals surface area contributed by atoms with Gasteiger partial charge in [-0.25, -0.2) is 4.79 Å². The number of hydrogen-bond donors (Lipinski definition) is 2. The summed E-state index contributed by atoms with van der Waals surface area (Å²) in [5.41, 5.74) is 0. The summed E-state index contributed by atoms with van der Waals surface area (Å²) in [5.74, 6) is -3.09. The van der Waals surface area contributed by atoms with E-state index in [9.17, 15) is 19.5 Å². The van der Waals surface area contributed by atoms with Gasteiger partial charge in [0.2, 0.25) is 5.91 Å². The number of fused-ring (bicyclic) bond motifs is 1. The zero-order valence-electron chi connectivity index (χ0n) is 19.5. The molecule has 1 amide bonds. The van der Waals surface area contributed by atoms with Crippen molar-refractivity contribution in [3.05, 3.63) is 0 Å². The lowest BCUT2D eigenvalue weighted by molar-refractivity contribution is -0.152. The summed E-state index contributed by atoms with van der Waals surface area (Å²) >= 11 is 0. The van der Waals surface area contributed by atoms with Crippen LogP contribution < -0.4 is 5.32 Å². The Hall–Kier alpha value is -1.63. The number of hydrogen-bond acceptors (Lipinski definition) is 5. The van der Waals surface area contributed by atoms with Gasteiger partial charge in [0.1, 0.15) is 12.1 Å². The molecule has 2 fully saturated rings. The Balaban J connectivity index is 2.42. The zero-order chi connectivity index (χ0) is 22.7. The molecule has 0 spiro atoms. The van der Waals surface area contributed by atoms with Crippen LogP contribution in [0.2, 0.25) is 0 Å². The highest BCUT2D eigenvalue weighted by atomic mass is 16.5. The Morgan fingerprint density at radius 3 is 2.69 bits per heavy atom. The second kappa shape index (κ2) is 9.35. The quantitative estimate of drug-likeness (QED) is 0.632. The number of rotatable bonds is 8. The molecule has 148 valence electrons. The van der Waals surface area contributed by atoms with Gasteiger partial charge in [0.15, 0.2) is 0 Å². The minimum absolute atomic E-state index is 0.0267. The molecule has 1 saturated carbocycles. The highest BCUT2D eigenvalue weighted by Gasteiger charge is 2.48. The number of esters is 1. The molecule has 2 rings (SSSR count). The average Bonchev–Trinajstić information content (AvgIpc) is 3.06. The van der Waals surface area contributed by atoms with Gasteiger partial charge in [0.25, 0.3) is 0 Å². The summed E-state index contributed by atoms with van der Waals surface area (Å²) < 4.78 is 37.3. The van der Waals surface area contributed by atoms with E-state index >= 15 is 0 Å². The summed E-state index contributed by atoms with van der Waals surface area (Å²) in [6, 6.07) is -5.61. The summed E-state index contributed by atoms with van der Waals surface area (Å²) in [6.07, 6.45) is 4.01. The number of carbonyl (C=O) groups excluding carboxylic acids is 2.